The van der Waals surface area contributed by atoms with Crippen LogP contribution in [-0.4, -0.2) is 18.4 Å². The van der Waals surface area contributed by atoms with Gasteiger partial charge in [-0.1, -0.05) is 6.07 Å². The predicted molar refractivity (Wildman–Crippen MR) is 64.9 cm³/mol. The largest absolute Gasteiger partial charge is 0.273 e. The molecule has 0 aliphatic rings. The van der Waals surface area contributed by atoms with Gasteiger partial charge in [-0.25, -0.2) is 23.1 Å². The number of thiophene rings is 1. The van der Waals surface area contributed by atoms with Gasteiger partial charge in [0.05, 0.1) is 4.47 Å². The summed E-state index contributed by atoms with van der Waals surface area (Å²) >= 11 is 4.30. The van der Waals surface area contributed by atoms with Gasteiger partial charge in [-0.05, 0) is 27.4 Å². The maximum absolute atomic E-state index is 11.8. The highest BCUT2D eigenvalue weighted by molar-refractivity contribution is 9.10. The fourth-order valence-corrected chi connectivity index (χ4v) is 3.11. The van der Waals surface area contributed by atoms with Gasteiger partial charge in [0.15, 0.2) is 0 Å². The minimum absolute atomic E-state index is 0.0524. The van der Waals surface area contributed by atoms with Gasteiger partial charge in [0.25, 0.3) is 10.0 Å². The lowest BCUT2D eigenvalue weighted by molar-refractivity contribution is 0.602. The van der Waals surface area contributed by atoms with E-state index >= 15 is 0 Å². The molecule has 16 heavy (non-hydrogen) atoms. The van der Waals surface area contributed by atoms with Crippen molar-refractivity contribution in [3.63, 3.8) is 0 Å². The Morgan fingerprint density at radius 1 is 1.31 bits per heavy atom. The van der Waals surface area contributed by atoms with Gasteiger partial charge < -0.3 is 0 Å². The van der Waals surface area contributed by atoms with Gasteiger partial charge in [0, 0.05) is 12.4 Å². The van der Waals surface area contributed by atoms with Crippen LogP contribution in [-0.2, 0) is 10.0 Å². The molecule has 2 aromatic heterocycles. The molecule has 0 saturated heterocycles. The van der Waals surface area contributed by atoms with E-state index in [9.17, 15) is 8.42 Å². The van der Waals surface area contributed by atoms with Crippen molar-refractivity contribution < 1.29 is 8.42 Å². The Bertz CT molecular complexity index is 566. The van der Waals surface area contributed by atoms with Crippen molar-refractivity contribution in [1.29, 1.82) is 0 Å². The quantitative estimate of drug-likeness (QED) is 0.940. The Hall–Kier alpha value is -0.990. The molecule has 0 atom stereocenters. The maximum Gasteiger partial charge on any atom is 0.273 e. The fourth-order valence-electron chi connectivity index (χ4n) is 0.952. The lowest BCUT2D eigenvalue weighted by atomic mass is 10.7. The van der Waals surface area contributed by atoms with Crippen LogP contribution in [0.15, 0.2) is 38.6 Å². The molecule has 0 aliphatic heterocycles. The third-order valence-electron chi connectivity index (χ3n) is 1.61. The van der Waals surface area contributed by atoms with E-state index in [0.29, 0.717) is 4.47 Å². The number of nitrogens with one attached hydrogen (secondary N) is 1. The zero-order valence-corrected chi connectivity index (χ0v) is 11.0. The molecule has 0 radical (unpaired) electrons. The number of halogens is 1. The van der Waals surface area contributed by atoms with E-state index in [2.05, 4.69) is 30.6 Å². The van der Waals surface area contributed by atoms with E-state index in [0.717, 1.165) is 11.3 Å². The van der Waals surface area contributed by atoms with Crippen molar-refractivity contribution in [2.75, 3.05) is 4.72 Å². The molecule has 0 aliphatic carbocycles. The molecule has 0 amide bonds. The van der Waals surface area contributed by atoms with Crippen LogP contribution in [0.5, 0.6) is 0 Å². The van der Waals surface area contributed by atoms with Crippen molar-refractivity contribution in [3.05, 3.63) is 34.4 Å². The molecule has 0 spiro atoms. The number of hydrogen-bond acceptors (Lipinski definition) is 5. The van der Waals surface area contributed by atoms with Gasteiger partial charge >= 0.3 is 0 Å². The van der Waals surface area contributed by atoms with Gasteiger partial charge in [0.2, 0.25) is 5.95 Å². The summed E-state index contributed by atoms with van der Waals surface area (Å²) in [4.78, 5) is 7.66. The monoisotopic (exact) mass is 319 g/mol. The third-order valence-corrected chi connectivity index (χ3v) is 4.74. The number of hydrogen-bond donors (Lipinski definition) is 1. The highest BCUT2D eigenvalue weighted by Gasteiger charge is 2.16. The van der Waals surface area contributed by atoms with Crippen LogP contribution in [0.2, 0.25) is 0 Å². The Balaban J connectivity index is 2.25. The van der Waals surface area contributed by atoms with Gasteiger partial charge in [-0.15, -0.1) is 11.3 Å². The van der Waals surface area contributed by atoms with E-state index in [4.69, 9.17) is 0 Å². The highest BCUT2D eigenvalue weighted by Crippen LogP contribution is 2.18. The van der Waals surface area contributed by atoms with E-state index in [1.54, 1.807) is 11.4 Å². The fraction of sp³-hybridized carbons (Fsp3) is 0. The molecular formula is C8H6BrN3O2S2. The minimum atomic E-state index is -3.55. The average Bonchev–Trinajstić information content (AvgIpc) is 2.75. The van der Waals surface area contributed by atoms with E-state index < -0.39 is 10.0 Å². The van der Waals surface area contributed by atoms with Crippen molar-refractivity contribution >= 4 is 43.2 Å². The van der Waals surface area contributed by atoms with Crippen LogP contribution in [0.1, 0.15) is 0 Å². The lowest BCUT2D eigenvalue weighted by Crippen LogP contribution is -2.13. The highest BCUT2D eigenvalue weighted by atomic mass is 79.9. The first-order valence-corrected chi connectivity index (χ1v) is 7.27. The van der Waals surface area contributed by atoms with Gasteiger partial charge in [-0.2, -0.15) is 0 Å². The zero-order chi connectivity index (χ0) is 11.6. The van der Waals surface area contributed by atoms with Gasteiger partial charge in [0.1, 0.15) is 4.21 Å². The normalized spacial score (nSPS) is 11.3. The summed E-state index contributed by atoms with van der Waals surface area (Å²) < 4.78 is 26.7. The Morgan fingerprint density at radius 2 is 2.00 bits per heavy atom. The number of sulfonamides is 1. The average molecular weight is 320 g/mol. The second-order valence-corrected chi connectivity index (χ2v) is 6.54. The minimum Gasteiger partial charge on any atom is -0.247 e. The first-order chi connectivity index (χ1) is 7.58. The smallest absolute Gasteiger partial charge is 0.247 e. The van der Waals surface area contributed by atoms with Crippen LogP contribution in [0.4, 0.5) is 5.95 Å². The summed E-state index contributed by atoms with van der Waals surface area (Å²) in [5.41, 5.74) is 0. The van der Waals surface area contributed by atoms with Crippen molar-refractivity contribution in [2.24, 2.45) is 0 Å². The zero-order valence-electron chi connectivity index (χ0n) is 7.79. The lowest BCUT2D eigenvalue weighted by Gasteiger charge is -2.03. The number of anilines is 1. The molecule has 2 heterocycles. The van der Waals surface area contributed by atoms with Crippen LogP contribution in [0.3, 0.4) is 0 Å². The molecule has 84 valence electrons. The van der Waals surface area contributed by atoms with Crippen molar-refractivity contribution in [1.82, 2.24) is 9.97 Å². The van der Waals surface area contributed by atoms with Crippen molar-refractivity contribution in [3.8, 4) is 0 Å². The predicted octanol–water partition coefficient (Wildman–Crippen LogP) is 2.10. The molecule has 2 aromatic rings. The summed E-state index contributed by atoms with van der Waals surface area (Å²) in [6.07, 6.45) is 2.94. The van der Waals surface area contributed by atoms with Gasteiger partial charge in [-0.3, -0.25) is 0 Å². The summed E-state index contributed by atoms with van der Waals surface area (Å²) in [5, 5.41) is 1.69. The molecule has 8 heteroatoms. The van der Waals surface area contributed by atoms with Crippen molar-refractivity contribution in [2.45, 2.75) is 4.21 Å². The second-order valence-electron chi connectivity index (χ2n) is 2.76. The molecule has 0 saturated carbocycles. The second kappa shape index (κ2) is 4.48. The summed E-state index contributed by atoms with van der Waals surface area (Å²) in [5.74, 6) is 0.0524. The topological polar surface area (TPSA) is 72.0 Å². The van der Waals surface area contributed by atoms with E-state index in [1.165, 1.54) is 18.5 Å². The Morgan fingerprint density at radius 3 is 2.56 bits per heavy atom. The van der Waals surface area contributed by atoms with E-state index in [-0.39, 0.29) is 10.2 Å². The Kier molecular flexibility index (Phi) is 3.22. The van der Waals surface area contributed by atoms with Crippen LogP contribution in [0.25, 0.3) is 0 Å². The molecule has 0 fully saturated rings. The third kappa shape index (κ3) is 2.57. The standard InChI is InChI=1S/C8H6BrN3O2S2/c9-6-4-10-8(11-5-6)12-16(13,14)7-2-1-3-15-7/h1-5H,(H,10,11,12). The number of rotatable bonds is 3. The molecule has 0 unspecified atom stereocenters. The summed E-state index contributed by atoms with van der Waals surface area (Å²) in [7, 11) is -3.55. The Labute approximate surface area is 105 Å². The number of aromatic nitrogens is 2. The van der Waals surface area contributed by atoms with Crippen LogP contribution >= 0.6 is 27.3 Å². The molecule has 0 aromatic carbocycles. The van der Waals surface area contributed by atoms with Crippen LogP contribution < -0.4 is 4.72 Å². The van der Waals surface area contributed by atoms with Crippen LogP contribution in [0, 0.1) is 0 Å². The first kappa shape index (κ1) is 11.5. The summed E-state index contributed by atoms with van der Waals surface area (Å²) in [6.45, 7) is 0. The molecular weight excluding hydrogens is 314 g/mol. The first-order valence-electron chi connectivity index (χ1n) is 4.12. The molecule has 2 rings (SSSR count). The molecule has 0 bridgehead atoms. The SMILES string of the molecule is O=S(=O)(Nc1ncc(Br)cn1)c1cccs1. The summed E-state index contributed by atoms with van der Waals surface area (Å²) in [6, 6.07) is 3.19. The number of nitrogens with zero attached hydrogens (tertiary/aromatic N) is 2. The van der Waals surface area contributed by atoms with E-state index in [1.807, 2.05) is 0 Å². The maximum atomic E-state index is 11.8. The molecule has 5 nitrogen and oxygen atoms in total. The molecule has 1 N–H and O–H groups in total.